The van der Waals surface area contributed by atoms with Crippen LogP contribution >= 0.6 is 0 Å². The van der Waals surface area contributed by atoms with Gasteiger partial charge in [-0.15, -0.1) is 0 Å². The highest BCUT2D eigenvalue weighted by molar-refractivity contribution is 5.70. The summed E-state index contributed by atoms with van der Waals surface area (Å²) in [5.41, 5.74) is 6.58. The highest BCUT2D eigenvalue weighted by Crippen LogP contribution is 2.09. The predicted octanol–water partition coefficient (Wildman–Crippen LogP) is 0.505. The molecule has 2 amide bonds. The molecular formula is C6H11N2O2. The van der Waals surface area contributed by atoms with Gasteiger partial charge >= 0.3 is 6.03 Å². The minimum Gasteiger partial charge on any atom is -0.358 e. The smallest absolute Gasteiger partial charge is 0.335 e. The van der Waals surface area contributed by atoms with Gasteiger partial charge in [0.1, 0.15) is 6.23 Å². The minimum absolute atomic E-state index is 0.209. The van der Waals surface area contributed by atoms with E-state index in [0.717, 1.165) is 19.3 Å². The number of amides is 2. The molecule has 4 nitrogen and oxygen atoms in total. The van der Waals surface area contributed by atoms with Gasteiger partial charge in [-0.2, -0.15) is 0 Å². The minimum atomic E-state index is -0.757. The van der Waals surface area contributed by atoms with Crippen LogP contribution in [0.1, 0.15) is 19.3 Å². The van der Waals surface area contributed by atoms with Gasteiger partial charge in [0.05, 0.1) is 0 Å². The number of hydrogen-bond donors (Lipinski definition) is 1. The molecule has 10 heavy (non-hydrogen) atoms. The van der Waals surface area contributed by atoms with Gasteiger partial charge in [0.2, 0.25) is 0 Å². The van der Waals surface area contributed by atoms with E-state index in [1.54, 1.807) is 0 Å². The van der Waals surface area contributed by atoms with Gasteiger partial charge < -0.3 is 10.1 Å². The third-order valence-corrected chi connectivity index (χ3v) is 1.47. The van der Waals surface area contributed by atoms with Crippen LogP contribution in [-0.4, -0.2) is 18.9 Å². The van der Waals surface area contributed by atoms with Crippen LogP contribution in [0.3, 0.4) is 0 Å². The number of urea groups is 1. The molecule has 4 heteroatoms. The summed E-state index contributed by atoms with van der Waals surface area (Å²) in [6.45, 7) is 0.699. The first kappa shape index (κ1) is 7.34. The maximum atomic E-state index is 10.2. The molecule has 1 fully saturated rings. The lowest BCUT2D eigenvalue weighted by Crippen LogP contribution is -2.38. The third-order valence-electron chi connectivity index (χ3n) is 1.47. The summed E-state index contributed by atoms with van der Waals surface area (Å²) in [5.74, 6) is 0. The van der Waals surface area contributed by atoms with Crippen LogP contribution in [0.2, 0.25) is 0 Å². The fourth-order valence-electron chi connectivity index (χ4n) is 1.00. The fraction of sp³-hybridized carbons (Fsp3) is 0.833. The molecule has 0 aromatic carbocycles. The Hall–Kier alpha value is -0.770. The largest absolute Gasteiger partial charge is 0.358 e. The van der Waals surface area contributed by atoms with E-state index in [-0.39, 0.29) is 6.23 Å². The quantitative estimate of drug-likeness (QED) is 0.581. The lowest BCUT2D eigenvalue weighted by molar-refractivity contribution is 0.00294. The standard InChI is InChI=1S/C6H11N2O2/c7-6(9)8-5-3-1-2-4-10-5/h5,7H,1-4H2,(H,8,9). The second kappa shape index (κ2) is 3.41. The predicted molar refractivity (Wildman–Crippen MR) is 35.2 cm³/mol. The van der Waals surface area contributed by atoms with Gasteiger partial charge in [-0.1, -0.05) is 0 Å². The maximum Gasteiger partial charge on any atom is 0.335 e. The summed E-state index contributed by atoms with van der Waals surface area (Å²) in [6.07, 6.45) is 2.76. The molecule has 0 spiro atoms. The lowest BCUT2D eigenvalue weighted by Gasteiger charge is -2.21. The molecule has 1 atom stereocenters. The van der Waals surface area contributed by atoms with E-state index < -0.39 is 6.03 Å². The number of rotatable bonds is 1. The average Bonchev–Trinajstić information content (AvgIpc) is 1.88. The molecule has 1 saturated heterocycles. The van der Waals surface area contributed by atoms with Gasteiger partial charge in [0.25, 0.3) is 0 Å². The van der Waals surface area contributed by atoms with Crippen LogP contribution in [0.5, 0.6) is 0 Å². The maximum absolute atomic E-state index is 10.2. The summed E-state index contributed by atoms with van der Waals surface area (Å²) < 4.78 is 5.14. The van der Waals surface area contributed by atoms with E-state index >= 15 is 0 Å². The van der Waals surface area contributed by atoms with Crippen molar-refractivity contribution in [2.75, 3.05) is 6.61 Å². The van der Waals surface area contributed by atoms with Crippen molar-refractivity contribution in [1.82, 2.24) is 11.1 Å². The molecule has 1 aliphatic heterocycles. The molecule has 0 aromatic heterocycles. The Bertz CT molecular complexity index is 121. The van der Waals surface area contributed by atoms with Crippen molar-refractivity contribution in [3.8, 4) is 0 Å². The van der Waals surface area contributed by atoms with Crippen molar-refractivity contribution in [2.45, 2.75) is 25.5 Å². The Morgan fingerprint density at radius 1 is 1.60 bits per heavy atom. The highest BCUT2D eigenvalue weighted by Gasteiger charge is 2.13. The van der Waals surface area contributed by atoms with E-state index in [2.05, 4.69) is 5.32 Å². The van der Waals surface area contributed by atoms with Crippen LogP contribution in [-0.2, 0) is 4.74 Å². The van der Waals surface area contributed by atoms with E-state index in [0.29, 0.717) is 6.61 Å². The molecule has 1 heterocycles. The Balaban J connectivity index is 2.19. The van der Waals surface area contributed by atoms with Crippen molar-refractivity contribution >= 4 is 6.03 Å². The third kappa shape index (κ3) is 2.23. The molecule has 0 saturated carbocycles. The monoisotopic (exact) mass is 143 g/mol. The second-order valence-electron chi connectivity index (χ2n) is 2.33. The second-order valence-corrected chi connectivity index (χ2v) is 2.33. The summed E-state index contributed by atoms with van der Waals surface area (Å²) in [7, 11) is 0. The zero-order valence-corrected chi connectivity index (χ0v) is 5.72. The number of carbonyl (C=O) groups excluding carboxylic acids is 1. The van der Waals surface area contributed by atoms with Gasteiger partial charge in [-0.05, 0) is 19.3 Å². The number of carbonyl (C=O) groups is 1. The summed E-state index contributed by atoms with van der Waals surface area (Å²) in [6, 6.07) is -0.757. The van der Waals surface area contributed by atoms with Crippen molar-refractivity contribution < 1.29 is 9.53 Å². The van der Waals surface area contributed by atoms with E-state index in [1.165, 1.54) is 0 Å². The molecule has 1 radical (unpaired) electrons. The van der Waals surface area contributed by atoms with Crippen LogP contribution in [0.4, 0.5) is 4.79 Å². The first-order valence-electron chi connectivity index (χ1n) is 3.43. The number of ether oxygens (including phenoxy) is 1. The normalized spacial score (nSPS) is 25.8. The Labute approximate surface area is 59.7 Å². The molecule has 1 rings (SSSR count). The van der Waals surface area contributed by atoms with Crippen LogP contribution < -0.4 is 11.1 Å². The number of nitrogens with one attached hydrogen (secondary N) is 2. The Morgan fingerprint density at radius 3 is 2.90 bits per heavy atom. The molecule has 1 aliphatic rings. The molecule has 2 N–H and O–H groups in total. The van der Waals surface area contributed by atoms with Gasteiger partial charge in [-0.3, -0.25) is 0 Å². The van der Waals surface area contributed by atoms with Crippen LogP contribution in [0, 0.1) is 0 Å². The fourth-order valence-corrected chi connectivity index (χ4v) is 1.00. The summed E-state index contributed by atoms with van der Waals surface area (Å²) in [4.78, 5) is 10.2. The van der Waals surface area contributed by atoms with Crippen molar-refractivity contribution in [1.29, 1.82) is 0 Å². The van der Waals surface area contributed by atoms with E-state index in [1.807, 2.05) is 0 Å². The zero-order valence-electron chi connectivity index (χ0n) is 5.72. The lowest BCUT2D eigenvalue weighted by atomic mass is 10.2. The van der Waals surface area contributed by atoms with Crippen molar-refractivity contribution in [3.63, 3.8) is 0 Å². The van der Waals surface area contributed by atoms with Gasteiger partial charge in [0, 0.05) is 6.61 Å². The average molecular weight is 143 g/mol. The highest BCUT2D eigenvalue weighted by atomic mass is 16.5. The summed E-state index contributed by atoms with van der Waals surface area (Å²) in [5, 5.41) is 2.39. The Kier molecular flexibility index (Phi) is 2.50. The SMILES string of the molecule is [NH]C(=O)NC1CCCCO1. The Morgan fingerprint density at radius 2 is 2.40 bits per heavy atom. The van der Waals surface area contributed by atoms with Gasteiger partial charge in [0.15, 0.2) is 0 Å². The molecule has 0 aliphatic carbocycles. The topological polar surface area (TPSA) is 62.1 Å². The molecular weight excluding hydrogens is 132 g/mol. The molecule has 1 unspecified atom stereocenters. The first-order valence-corrected chi connectivity index (χ1v) is 3.43. The van der Waals surface area contributed by atoms with Gasteiger partial charge in [-0.25, -0.2) is 10.5 Å². The van der Waals surface area contributed by atoms with Crippen molar-refractivity contribution in [2.24, 2.45) is 0 Å². The zero-order chi connectivity index (χ0) is 7.40. The molecule has 0 aromatic rings. The van der Waals surface area contributed by atoms with Crippen molar-refractivity contribution in [3.05, 3.63) is 0 Å². The molecule has 0 bridgehead atoms. The molecule has 57 valence electrons. The van der Waals surface area contributed by atoms with E-state index in [9.17, 15) is 4.79 Å². The number of hydrogen-bond acceptors (Lipinski definition) is 2. The van der Waals surface area contributed by atoms with E-state index in [4.69, 9.17) is 10.5 Å². The summed E-state index contributed by atoms with van der Waals surface area (Å²) >= 11 is 0. The first-order chi connectivity index (χ1) is 4.79. The van der Waals surface area contributed by atoms with Crippen LogP contribution in [0.25, 0.3) is 0 Å². The van der Waals surface area contributed by atoms with Crippen LogP contribution in [0.15, 0.2) is 0 Å².